The molecule has 0 aliphatic heterocycles. The predicted octanol–water partition coefficient (Wildman–Crippen LogP) is 3.44. The summed E-state index contributed by atoms with van der Waals surface area (Å²) in [6.07, 6.45) is -5.19. The van der Waals surface area contributed by atoms with Crippen LogP contribution in [-0.2, 0) is 16.1 Å². The van der Waals surface area contributed by atoms with E-state index in [0.717, 1.165) is 5.56 Å². The molecule has 1 aromatic carbocycles. The van der Waals surface area contributed by atoms with E-state index in [9.17, 15) is 18.0 Å². The SMILES string of the molecule is COC(=O)C(C)(CCCC(F)(F)F)NCc1ccccc1. The summed E-state index contributed by atoms with van der Waals surface area (Å²) in [5, 5.41) is 3.01. The van der Waals surface area contributed by atoms with Crippen LogP contribution in [0.5, 0.6) is 0 Å². The molecule has 0 saturated heterocycles. The van der Waals surface area contributed by atoms with Crippen LogP contribution in [0, 0.1) is 0 Å². The van der Waals surface area contributed by atoms with E-state index < -0.39 is 24.1 Å². The largest absolute Gasteiger partial charge is 0.468 e. The Labute approximate surface area is 122 Å². The smallest absolute Gasteiger partial charge is 0.389 e. The third-order valence-electron chi connectivity index (χ3n) is 3.30. The predicted molar refractivity (Wildman–Crippen MR) is 73.6 cm³/mol. The summed E-state index contributed by atoms with van der Waals surface area (Å²) in [5.41, 5.74) is -0.181. The highest BCUT2D eigenvalue weighted by Gasteiger charge is 2.35. The number of benzene rings is 1. The van der Waals surface area contributed by atoms with Gasteiger partial charge in [-0.25, -0.2) is 0 Å². The van der Waals surface area contributed by atoms with Crippen LogP contribution in [0.3, 0.4) is 0 Å². The molecule has 0 saturated carbocycles. The number of rotatable bonds is 7. The molecule has 1 aromatic rings. The molecule has 0 radical (unpaired) electrons. The number of hydrogen-bond donors (Lipinski definition) is 1. The average Bonchev–Trinajstić information content (AvgIpc) is 2.44. The number of ether oxygens (including phenoxy) is 1. The molecule has 1 N–H and O–H groups in total. The first-order valence-electron chi connectivity index (χ1n) is 6.71. The zero-order valence-corrected chi connectivity index (χ0v) is 12.2. The number of carbonyl (C=O) groups excluding carboxylic acids is 1. The average molecular weight is 303 g/mol. The Morgan fingerprint density at radius 2 is 1.81 bits per heavy atom. The van der Waals surface area contributed by atoms with Crippen LogP contribution >= 0.6 is 0 Å². The zero-order valence-electron chi connectivity index (χ0n) is 12.2. The number of alkyl halides is 3. The number of methoxy groups -OCH3 is 1. The van der Waals surface area contributed by atoms with Crippen LogP contribution < -0.4 is 5.32 Å². The highest BCUT2D eigenvalue weighted by Crippen LogP contribution is 2.25. The Bertz CT molecular complexity index is 448. The van der Waals surface area contributed by atoms with E-state index >= 15 is 0 Å². The summed E-state index contributed by atoms with van der Waals surface area (Å²) >= 11 is 0. The van der Waals surface area contributed by atoms with Crippen LogP contribution in [0.4, 0.5) is 13.2 Å². The van der Waals surface area contributed by atoms with Gasteiger partial charge in [0, 0.05) is 13.0 Å². The Kier molecular flexibility index (Phi) is 6.20. The maximum absolute atomic E-state index is 12.2. The molecule has 1 rings (SSSR count). The lowest BCUT2D eigenvalue weighted by Crippen LogP contribution is -2.49. The van der Waals surface area contributed by atoms with Crippen molar-refractivity contribution in [1.82, 2.24) is 5.32 Å². The molecular weight excluding hydrogens is 283 g/mol. The van der Waals surface area contributed by atoms with Gasteiger partial charge in [0.2, 0.25) is 0 Å². The Morgan fingerprint density at radius 3 is 2.33 bits per heavy atom. The van der Waals surface area contributed by atoms with Crippen LogP contribution in [-0.4, -0.2) is 24.8 Å². The molecule has 0 heterocycles. The number of nitrogens with one attached hydrogen (secondary N) is 1. The summed E-state index contributed by atoms with van der Waals surface area (Å²) in [7, 11) is 1.23. The molecule has 1 unspecified atom stereocenters. The lowest BCUT2D eigenvalue weighted by Gasteiger charge is -2.28. The van der Waals surface area contributed by atoms with Gasteiger partial charge >= 0.3 is 12.1 Å². The van der Waals surface area contributed by atoms with Gasteiger partial charge in [-0.05, 0) is 25.3 Å². The minimum Gasteiger partial charge on any atom is -0.468 e. The molecule has 0 aliphatic rings. The van der Waals surface area contributed by atoms with Gasteiger partial charge in [0.15, 0.2) is 0 Å². The van der Waals surface area contributed by atoms with E-state index in [2.05, 4.69) is 5.32 Å². The Hall–Kier alpha value is -1.56. The second-order valence-electron chi connectivity index (χ2n) is 5.13. The highest BCUT2D eigenvalue weighted by molar-refractivity contribution is 5.80. The fourth-order valence-electron chi connectivity index (χ4n) is 2.02. The lowest BCUT2D eigenvalue weighted by atomic mass is 9.94. The topological polar surface area (TPSA) is 38.3 Å². The Morgan fingerprint density at radius 1 is 1.19 bits per heavy atom. The molecule has 1 atom stereocenters. The van der Waals surface area contributed by atoms with E-state index in [0.29, 0.717) is 6.54 Å². The molecule has 0 bridgehead atoms. The van der Waals surface area contributed by atoms with Crippen molar-refractivity contribution in [2.45, 2.75) is 44.4 Å². The van der Waals surface area contributed by atoms with Crippen molar-refractivity contribution in [3.63, 3.8) is 0 Å². The van der Waals surface area contributed by atoms with E-state index in [-0.39, 0.29) is 12.8 Å². The van der Waals surface area contributed by atoms with Gasteiger partial charge in [0.25, 0.3) is 0 Å². The highest BCUT2D eigenvalue weighted by atomic mass is 19.4. The fourth-order valence-corrected chi connectivity index (χ4v) is 2.02. The maximum atomic E-state index is 12.2. The summed E-state index contributed by atoms with van der Waals surface area (Å²) in [4.78, 5) is 11.8. The molecule has 118 valence electrons. The third kappa shape index (κ3) is 6.16. The van der Waals surface area contributed by atoms with E-state index in [1.165, 1.54) is 7.11 Å². The number of halogens is 3. The normalized spacial score (nSPS) is 14.5. The summed E-state index contributed by atoms with van der Waals surface area (Å²) in [5.74, 6) is -0.555. The van der Waals surface area contributed by atoms with Crippen molar-refractivity contribution in [1.29, 1.82) is 0 Å². The second-order valence-corrected chi connectivity index (χ2v) is 5.13. The maximum Gasteiger partial charge on any atom is 0.389 e. The molecule has 6 heteroatoms. The summed E-state index contributed by atoms with van der Waals surface area (Å²) in [6, 6.07) is 9.33. The van der Waals surface area contributed by atoms with Gasteiger partial charge in [-0.1, -0.05) is 30.3 Å². The molecule has 0 fully saturated rings. The van der Waals surface area contributed by atoms with Gasteiger partial charge < -0.3 is 4.74 Å². The monoisotopic (exact) mass is 303 g/mol. The van der Waals surface area contributed by atoms with Gasteiger partial charge in [0.1, 0.15) is 5.54 Å². The molecule has 3 nitrogen and oxygen atoms in total. The third-order valence-corrected chi connectivity index (χ3v) is 3.30. The zero-order chi connectivity index (χ0) is 15.9. The van der Waals surface area contributed by atoms with E-state index in [1.807, 2.05) is 30.3 Å². The van der Waals surface area contributed by atoms with Gasteiger partial charge in [-0.15, -0.1) is 0 Å². The van der Waals surface area contributed by atoms with Gasteiger partial charge in [-0.2, -0.15) is 13.2 Å². The van der Waals surface area contributed by atoms with Crippen molar-refractivity contribution in [2.24, 2.45) is 0 Å². The standard InChI is InChI=1S/C15H20F3NO2/c1-14(13(20)21-2,9-6-10-15(16,17)18)19-11-12-7-4-3-5-8-12/h3-5,7-8,19H,6,9-11H2,1-2H3. The number of esters is 1. The van der Waals surface area contributed by atoms with Crippen LogP contribution in [0.15, 0.2) is 30.3 Å². The van der Waals surface area contributed by atoms with Crippen molar-refractivity contribution in [3.8, 4) is 0 Å². The van der Waals surface area contributed by atoms with Gasteiger partial charge in [-0.3, -0.25) is 10.1 Å². The molecular formula is C15H20F3NO2. The first-order valence-corrected chi connectivity index (χ1v) is 6.71. The van der Waals surface area contributed by atoms with Crippen LogP contribution in [0.25, 0.3) is 0 Å². The molecule has 0 amide bonds. The van der Waals surface area contributed by atoms with Crippen LogP contribution in [0.2, 0.25) is 0 Å². The molecule has 21 heavy (non-hydrogen) atoms. The van der Waals surface area contributed by atoms with Crippen LogP contribution in [0.1, 0.15) is 31.7 Å². The summed E-state index contributed by atoms with van der Waals surface area (Å²) < 4.78 is 41.4. The minimum atomic E-state index is -4.21. The van der Waals surface area contributed by atoms with E-state index in [4.69, 9.17) is 4.74 Å². The molecule has 0 aromatic heterocycles. The lowest BCUT2D eigenvalue weighted by molar-refractivity contribution is -0.150. The van der Waals surface area contributed by atoms with E-state index in [1.54, 1.807) is 6.92 Å². The fraction of sp³-hybridized carbons (Fsp3) is 0.533. The molecule has 0 aliphatic carbocycles. The summed E-state index contributed by atoms with van der Waals surface area (Å²) in [6.45, 7) is 1.95. The first-order chi connectivity index (χ1) is 9.77. The van der Waals surface area contributed by atoms with Crippen molar-refractivity contribution in [3.05, 3.63) is 35.9 Å². The van der Waals surface area contributed by atoms with Crippen molar-refractivity contribution in [2.75, 3.05) is 7.11 Å². The van der Waals surface area contributed by atoms with Crippen molar-refractivity contribution < 1.29 is 22.7 Å². The first kappa shape index (κ1) is 17.5. The second kappa shape index (κ2) is 7.45. The molecule has 0 spiro atoms. The van der Waals surface area contributed by atoms with Crippen molar-refractivity contribution >= 4 is 5.97 Å². The Balaban J connectivity index is 2.63. The van der Waals surface area contributed by atoms with Gasteiger partial charge in [0.05, 0.1) is 7.11 Å². The quantitative estimate of drug-likeness (QED) is 0.784. The number of hydrogen-bond acceptors (Lipinski definition) is 3. The minimum absolute atomic E-state index is 0.0615. The number of carbonyl (C=O) groups is 1.